The van der Waals surface area contributed by atoms with Gasteiger partial charge in [-0.15, -0.1) is 0 Å². The summed E-state index contributed by atoms with van der Waals surface area (Å²) in [5.74, 6) is -0.122. The van der Waals surface area contributed by atoms with E-state index in [0.29, 0.717) is 32.4 Å². The van der Waals surface area contributed by atoms with Gasteiger partial charge in [0.25, 0.3) is 5.91 Å². The molecule has 1 aliphatic rings. The molecule has 0 N–H and O–H groups in total. The summed E-state index contributed by atoms with van der Waals surface area (Å²) in [6.45, 7) is 0.897. The highest BCUT2D eigenvalue weighted by Crippen LogP contribution is 2.34. The van der Waals surface area contributed by atoms with Crippen molar-refractivity contribution < 1.29 is 9.53 Å². The number of hydrogen-bond donors (Lipinski definition) is 0. The predicted molar refractivity (Wildman–Crippen MR) is 88.2 cm³/mol. The Labute approximate surface area is 136 Å². The summed E-state index contributed by atoms with van der Waals surface area (Å²) in [5, 5.41) is 1.06. The van der Waals surface area contributed by atoms with Crippen LogP contribution in [0, 0.1) is 0 Å². The molecule has 2 rings (SSSR count). The smallest absolute Gasteiger partial charge is 0.266 e. The Kier molecular flexibility index (Phi) is 5.46. The van der Waals surface area contributed by atoms with Crippen molar-refractivity contribution in [2.24, 2.45) is 0 Å². The molecule has 1 aromatic carbocycles. The number of rotatable bonds is 4. The molecule has 0 aromatic heterocycles. The molecule has 106 valence electrons. The first-order chi connectivity index (χ1) is 9.52. The van der Waals surface area contributed by atoms with E-state index in [2.05, 4.69) is 0 Å². The van der Waals surface area contributed by atoms with E-state index in [1.54, 1.807) is 31.4 Å². The first kappa shape index (κ1) is 15.8. The molecule has 20 heavy (non-hydrogen) atoms. The first-order valence-electron chi connectivity index (χ1n) is 5.72. The van der Waals surface area contributed by atoms with Crippen molar-refractivity contribution in [3.05, 3.63) is 38.7 Å². The van der Waals surface area contributed by atoms with Crippen molar-refractivity contribution in [3.8, 4) is 0 Å². The van der Waals surface area contributed by atoms with Gasteiger partial charge < -0.3 is 4.74 Å². The van der Waals surface area contributed by atoms with Crippen LogP contribution < -0.4 is 0 Å². The molecule has 1 heterocycles. The van der Waals surface area contributed by atoms with Gasteiger partial charge in [-0.05, 0) is 23.8 Å². The van der Waals surface area contributed by atoms with E-state index in [1.165, 1.54) is 16.7 Å². The maximum absolute atomic E-state index is 12.2. The quantitative estimate of drug-likeness (QED) is 0.611. The number of ether oxygens (including phenoxy) is 1. The molecule has 1 aromatic rings. The summed E-state index contributed by atoms with van der Waals surface area (Å²) in [5.41, 5.74) is 0.739. The fourth-order valence-corrected chi connectivity index (χ4v) is 3.40. The number of thiocarbonyl (C=S) groups is 1. The average Bonchev–Trinajstić information content (AvgIpc) is 2.66. The second-order valence-electron chi connectivity index (χ2n) is 3.99. The fourth-order valence-electron chi connectivity index (χ4n) is 1.64. The topological polar surface area (TPSA) is 29.5 Å². The number of nitrogens with zero attached hydrogens (tertiary/aromatic N) is 1. The molecule has 0 atom stereocenters. The molecule has 3 nitrogen and oxygen atoms in total. The van der Waals surface area contributed by atoms with Gasteiger partial charge in [-0.25, -0.2) is 0 Å². The summed E-state index contributed by atoms with van der Waals surface area (Å²) < 4.78 is 5.50. The van der Waals surface area contributed by atoms with Crippen LogP contribution in [0.5, 0.6) is 0 Å². The molecule has 1 aliphatic heterocycles. The molecule has 7 heteroatoms. The van der Waals surface area contributed by atoms with E-state index < -0.39 is 0 Å². The molecule has 0 radical (unpaired) electrons. The van der Waals surface area contributed by atoms with Crippen molar-refractivity contribution >= 4 is 63.5 Å². The molecule has 1 saturated heterocycles. The molecule has 1 fully saturated rings. The van der Waals surface area contributed by atoms with Gasteiger partial charge in [-0.2, -0.15) is 0 Å². The zero-order valence-electron chi connectivity index (χ0n) is 10.6. The van der Waals surface area contributed by atoms with Crippen LogP contribution >= 0.6 is 47.2 Å². The number of halogens is 2. The van der Waals surface area contributed by atoms with Crippen LogP contribution in [-0.4, -0.2) is 35.4 Å². The molecule has 0 saturated carbocycles. The number of benzene rings is 1. The van der Waals surface area contributed by atoms with Gasteiger partial charge in [0.1, 0.15) is 4.32 Å². The van der Waals surface area contributed by atoms with E-state index in [-0.39, 0.29) is 5.91 Å². The van der Waals surface area contributed by atoms with Crippen LogP contribution in [0.4, 0.5) is 0 Å². The third-order valence-electron chi connectivity index (χ3n) is 2.64. The van der Waals surface area contributed by atoms with Crippen LogP contribution in [0.25, 0.3) is 6.08 Å². The average molecular weight is 348 g/mol. The Morgan fingerprint density at radius 1 is 1.45 bits per heavy atom. The third kappa shape index (κ3) is 3.54. The predicted octanol–water partition coefficient (Wildman–Crippen LogP) is 3.84. The highest BCUT2D eigenvalue weighted by atomic mass is 35.5. The first-order valence-corrected chi connectivity index (χ1v) is 7.70. The third-order valence-corrected chi connectivity index (χ3v) is 4.58. The monoisotopic (exact) mass is 347 g/mol. The molecule has 0 spiro atoms. The number of methoxy groups -OCH3 is 1. The van der Waals surface area contributed by atoms with Crippen molar-refractivity contribution in [2.45, 2.75) is 0 Å². The summed E-state index contributed by atoms with van der Waals surface area (Å²) in [4.78, 5) is 14.3. The van der Waals surface area contributed by atoms with Gasteiger partial charge >= 0.3 is 0 Å². The van der Waals surface area contributed by atoms with Gasteiger partial charge in [0, 0.05) is 17.2 Å². The van der Waals surface area contributed by atoms with Gasteiger partial charge in [-0.3, -0.25) is 9.69 Å². The number of hydrogen-bond acceptors (Lipinski definition) is 4. The Hall–Kier alpha value is -0.590. The second-order valence-corrected chi connectivity index (χ2v) is 6.51. The van der Waals surface area contributed by atoms with Crippen molar-refractivity contribution in [3.63, 3.8) is 0 Å². The van der Waals surface area contributed by atoms with Crippen LogP contribution in [0.1, 0.15) is 5.56 Å². The molecule has 0 aliphatic carbocycles. The highest BCUT2D eigenvalue weighted by Gasteiger charge is 2.31. The van der Waals surface area contributed by atoms with Gasteiger partial charge in [-0.1, -0.05) is 53.2 Å². The van der Waals surface area contributed by atoms with E-state index in [1.807, 2.05) is 0 Å². The zero-order chi connectivity index (χ0) is 14.7. The van der Waals surface area contributed by atoms with E-state index in [9.17, 15) is 4.79 Å². The van der Waals surface area contributed by atoms with Gasteiger partial charge in [0.15, 0.2) is 0 Å². The Balaban J connectivity index is 2.23. The van der Waals surface area contributed by atoms with Crippen molar-refractivity contribution in [1.82, 2.24) is 4.90 Å². The highest BCUT2D eigenvalue weighted by molar-refractivity contribution is 8.26. The largest absolute Gasteiger partial charge is 0.383 e. The lowest BCUT2D eigenvalue weighted by molar-refractivity contribution is -0.122. The zero-order valence-corrected chi connectivity index (χ0v) is 13.7. The Morgan fingerprint density at radius 2 is 2.20 bits per heavy atom. The molecule has 0 unspecified atom stereocenters. The SMILES string of the molecule is COCCN1C(=O)C(=Cc2ccc(Cl)cc2Cl)SC1=S. The standard InChI is InChI=1S/C13H11Cl2NO2S2/c1-18-5-4-16-12(17)11(20-13(16)19)6-8-2-3-9(14)7-10(8)15/h2-3,6-7H,4-5H2,1H3. The van der Waals surface area contributed by atoms with Crippen LogP contribution in [0.2, 0.25) is 10.0 Å². The minimum atomic E-state index is -0.122. The molecule has 1 amide bonds. The lowest BCUT2D eigenvalue weighted by Crippen LogP contribution is -2.31. The van der Waals surface area contributed by atoms with Gasteiger partial charge in [0.2, 0.25) is 0 Å². The minimum Gasteiger partial charge on any atom is -0.383 e. The fraction of sp³-hybridized carbons (Fsp3) is 0.231. The van der Waals surface area contributed by atoms with Crippen molar-refractivity contribution in [2.75, 3.05) is 20.3 Å². The maximum Gasteiger partial charge on any atom is 0.266 e. The normalized spacial score (nSPS) is 17.4. The minimum absolute atomic E-state index is 0.122. The Bertz CT molecular complexity index is 590. The van der Waals surface area contributed by atoms with E-state index in [4.69, 9.17) is 40.2 Å². The number of carbonyl (C=O) groups is 1. The summed E-state index contributed by atoms with van der Waals surface area (Å²) >= 11 is 18.4. The summed E-state index contributed by atoms with van der Waals surface area (Å²) in [6, 6.07) is 5.14. The van der Waals surface area contributed by atoms with Crippen molar-refractivity contribution in [1.29, 1.82) is 0 Å². The van der Waals surface area contributed by atoms with Crippen LogP contribution in [-0.2, 0) is 9.53 Å². The summed E-state index contributed by atoms with van der Waals surface area (Å²) in [6.07, 6.45) is 1.73. The molecular weight excluding hydrogens is 337 g/mol. The van der Waals surface area contributed by atoms with Crippen LogP contribution in [0.3, 0.4) is 0 Å². The molecular formula is C13H11Cl2NO2S2. The lowest BCUT2D eigenvalue weighted by Gasteiger charge is -2.12. The van der Waals surface area contributed by atoms with Crippen LogP contribution in [0.15, 0.2) is 23.1 Å². The van der Waals surface area contributed by atoms with E-state index in [0.717, 1.165) is 5.56 Å². The summed E-state index contributed by atoms with van der Waals surface area (Å²) in [7, 11) is 1.58. The van der Waals surface area contributed by atoms with E-state index >= 15 is 0 Å². The number of amides is 1. The maximum atomic E-state index is 12.2. The number of carbonyl (C=O) groups excluding carboxylic acids is 1. The number of thioether (sulfide) groups is 1. The second kappa shape index (κ2) is 6.91. The molecule has 0 bridgehead atoms. The van der Waals surface area contributed by atoms with Gasteiger partial charge in [0.05, 0.1) is 18.1 Å². The lowest BCUT2D eigenvalue weighted by atomic mass is 10.2. The Morgan fingerprint density at radius 3 is 2.85 bits per heavy atom.